The Morgan fingerprint density at radius 2 is 0.740 bits per heavy atom. The molecular weight excluding hydrogens is 645 g/mol. The molecule has 0 aliphatic carbocycles. The van der Waals surface area contributed by atoms with Crippen molar-refractivity contribution < 1.29 is 0 Å². The highest BCUT2D eigenvalue weighted by Crippen LogP contribution is 2.46. The lowest BCUT2D eigenvalue weighted by Gasteiger charge is -2.10. The molecule has 0 saturated heterocycles. The quantitative estimate of drug-likeness (QED) is 0.0622. The monoisotopic (exact) mass is 704 g/mol. The Hall–Kier alpha value is -2.82. The predicted octanol–water partition coefficient (Wildman–Crippen LogP) is 16.2. The molecule has 0 spiro atoms. The Kier molecular flexibility index (Phi) is 12.5. The predicted molar refractivity (Wildman–Crippen MR) is 227 cm³/mol. The van der Waals surface area contributed by atoms with Gasteiger partial charge in [-0.3, -0.25) is 0 Å². The molecule has 4 aromatic heterocycles. The summed E-state index contributed by atoms with van der Waals surface area (Å²) in [6.07, 6.45) is 27.6. The Morgan fingerprint density at radius 1 is 0.400 bits per heavy atom. The number of aromatic nitrogens is 2. The van der Waals surface area contributed by atoms with Crippen molar-refractivity contribution >= 4 is 85.1 Å². The zero-order valence-corrected chi connectivity index (χ0v) is 32.7. The van der Waals surface area contributed by atoms with Gasteiger partial charge in [0.15, 0.2) is 0 Å². The lowest BCUT2D eigenvalue weighted by molar-refractivity contribution is 0.541. The maximum absolute atomic E-state index is 2.71. The van der Waals surface area contributed by atoms with Gasteiger partial charge in [0.1, 0.15) is 0 Å². The molecule has 4 heteroatoms. The van der Waals surface area contributed by atoms with Crippen LogP contribution in [0.4, 0.5) is 0 Å². The third kappa shape index (κ3) is 7.68. The van der Waals surface area contributed by atoms with Crippen molar-refractivity contribution in [3.8, 4) is 0 Å². The average molecular weight is 705 g/mol. The van der Waals surface area contributed by atoms with Gasteiger partial charge in [-0.25, -0.2) is 0 Å². The van der Waals surface area contributed by atoms with Gasteiger partial charge in [0.2, 0.25) is 0 Å². The Labute approximate surface area is 308 Å². The molecule has 0 aliphatic heterocycles. The summed E-state index contributed by atoms with van der Waals surface area (Å²) in [6.45, 7) is 6.84. The second-order valence-electron chi connectivity index (χ2n) is 15.1. The number of hydrogen-bond acceptors (Lipinski definition) is 2. The molecule has 0 atom stereocenters. The van der Waals surface area contributed by atoms with Gasteiger partial charge >= 0.3 is 0 Å². The molecule has 0 bridgehead atoms. The van der Waals surface area contributed by atoms with E-state index in [1.807, 2.05) is 22.7 Å². The van der Waals surface area contributed by atoms with E-state index >= 15 is 0 Å². The first kappa shape index (κ1) is 35.6. The molecule has 0 amide bonds. The van der Waals surface area contributed by atoms with Gasteiger partial charge in [0.25, 0.3) is 0 Å². The molecule has 0 N–H and O–H groups in total. The standard InChI is InChI=1S/C46H60N2S2/c1-3-5-7-9-11-13-15-17-19-25-31-47-39-33-38-40(34-37(39)45-43(47)35-27-21-23-29-41(35)49-45)48(32-26-20-18-16-14-12-10-8-6-4-2)44-36-28-22-24-30-42(36)50-46(38)44/h21-24,27-30,33-34H,3-20,25-26,31-32H2,1-2H3. The first-order valence-corrected chi connectivity index (χ1v) is 22.2. The Morgan fingerprint density at radius 3 is 1.12 bits per heavy atom. The summed E-state index contributed by atoms with van der Waals surface area (Å²) < 4.78 is 11.2. The first-order chi connectivity index (χ1) is 24.8. The van der Waals surface area contributed by atoms with E-state index in [9.17, 15) is 0 Å². The molecular formula is C46H60N2S2. The van der Waals surface area contributed by atoms with E-state index in [0.717, 1.165) is 13.1 Å². The van der Waals surface area contributed by atoms with E-state index in [4.69, 9.17) is 0 Å². The van der Waals surface area contributed by atoms with E-state index in [1.165, 1.54) is 191 Å². The third-order valence-corrected chi connectivity index (χ3v) is 13.7. The molecule has 7 aromatic rings. The van der Waals surface area contributed by atoms with Crippen LogP contribution in [0.25, 0.3) is 62.4 Å². The number of unbranched alkanes of at least 4 members (excludes halogenated alkanes) is 18. The molecule has 3 aromatic carbocycles. The highest BCUT2D eigenvalue weighted by molar-refractivity contribution is 7.27. The molecule has 266 valence electrons. The number of hydrogen-bond donors (Lipinski definition) is 0. The van der Waals surface area contributed by atoms with E-state index in [-0.39, 0.29) is 0 Å². The van der Waals surface area contributed by atoms with E-state index in [1.54, 1.807) is 0 Å². The molecule has 0 radical (unpaired) electrons. The number of nitrogens with zero attached hydrogens (tertiary/aromatic N) is 2. The van der Waals surface area contributed by atoms with Crippen LogP contribution in [0, 0.1) is 0 Å². The van der Waals surface area contributed by atoms with Gasteiger partial charge in [-0.2, -0.15) is 0 Å². The van der Waals surface area contributed by atoms with Gasteiger partial charge < -0.3 is 9.13 Å². The molecule has 0 aliphatic rings. The zero-order valence-electron chi connectivity index (χ0n) is 31.0. The Balaban J connectivity index is 1.16. The molecule has 7 rings (SSSR count). The van der Waals surface area contributed by atoms with Gasteiger partial charge in [-0.05, 0) is 37.1 Å². The SMILES string of the molecule is CCCCCCCCCCCCn1c2cc3c4sc5ccccc5c4n(CCCCCCCCCCCC)c3cc2c2sc3ccccc3c21. The van der Waals surface area contributed by atoms with Crippen molar-refractivity contribution in [2.45, 2.75) is 155 Å². The van der Waals surface area contributed by atoms with Crippen LogP contribution in [-0.2, 0) is 13.1 Å². The van der Waals surface area contributed by atoms with Gasteiger partial charge in [-0.1, -0.05) is 166 Å². The number of benzene rings is 3. The number of aryl methyl sites for hydroxylation is 2. The van der Waals surface area contributed by atoms with Crippen molar-refractivity contribution in [3.05, 3.63) is 60.7 Å². The molecule has 0 saturated carbocycles. The van der Waals surface area contributed by atoms with Crippen LogP contribution in [-0.4, -0.2) is 9.13 Å². The normalized spacial score (nSPS) is 12.4. The van der Waals surface area contributed by atoms with Crippen LogP contribution >= 0.6 is 22.7 Å². The fourth-order valence-electron chi connectivity index (χ4n) is 8.57. The van der Waals surface area contributed by atoms with Crippen molar-refractivity contribution in [2.24, 2.45) is 0 Å². The van der Waals surface area contributed by atoms with Crippen LogP contribution in [0.5, 0.6) is 0 Å². The lowest BCUT2D eigenvalue weighted by Crippen LogP contribution is -1.99. The maximum atomic E-state index is 2.71. The summed E-state index contributed by atoms with van der Waals surface area (Å²) in [5.74, 6) is 0. The molecule has 2 nitrogen and oxygen atoms in total. The van der Waals surface area contributed by atoms with Crippen LogP contribution in [0.3, 0.4) is 0 Å². The molecule has 0 unspecified atom stereocenters. The van der Waals surface area contributed by atoms with Crippen molar-refractivity contribution in [1.29, 1.82) is 0 Å². The largest absolute Gasteiger partial charge is 0.339 e. The number of rotatable bonds is 22. The maximum Gasteiger partial charge on any atom is 0.0681 e. The summed E-state index contributed by atoms with van der Waals surface area (Å²) in [5, 5.41) is 5.78. The molecule has 4 heterocycles. The highest BCUT2D eigenvalue weighted by Gasteiger charge is 2.22. The second-order valence-corrected chi connectivity index (χ2v) is 17.2. The van der Waals surface area contributed by atoms with Crippen molar-refractivity contribution in [2.75, 3.05) is 0 Å². The minimum Gasteiger partial charge on any atom is -0.339 e. The smallest absolute Gasteiger partial charge is 0.0681 e. The average Bonchev–Trinajstić information content (AvgIpc) is 3.86. The Bertz CT molecular complexity index is 1970. The van der Waals surface area contributed by atoms with Gasteiger partial charge in [0, 0.05) is 44.0 Å². The zero-order chi connectivity index (χ0) is 34.1. The van der Waals surface area contributed by atoms with Crippen LogP contribution in [0.2, 0.25) is 0 Å². The van der Waals surface area contributed by atoms with E-state index in [0.29, 0.717) is 0 Å². The summed E-state index contributed by atoms with van der Waals surface area (Å²) in [7, 11) is 0. The van der Waals surface area contributed by atoms with E-state index < -0.39 is 0 Å². The lowest BCUT2D eigenvalue weighted by atomic mass is 10.1. The fourth-order valence-corrected chi connectivity index (χ4v) is 11.0. The van der Waals surface area contributed by atoms with Crippen molar-refractivity contribution in [3.63, 3.8) is 0 Å². The van der Waals surface area contributed by atoms with Crippen LogP contribution in [0.1, 0.15) is 142 Å². The third-order valence-electron chi connectivity index (χ3n) is 11.3. The summed E-state index contributed by atoms with van der Waals surface area (Å²) in [4.78, 5) is 0. The van der Waals surface area contributed by atoms with Crippen LogP contribution < -0.4 is 0 Å². The summed E-state index contributed by atoms with van der Waals surface area (Å²) in [5.41, 5.74) is 5.82. The summed E-state index contributed by atoms with van der Waals surface area (Å²) in [6, 6.07) is 23.4. The van der Waals surface area contributed by atoms with Gasteiger partial charge in [0.05, 0.1) is 31.5 Å². The topological polar surface area (TPSA) is 9.86 Å². The highest BCUT2D eigenvalue weighted by atomic mass is 32.1. The molecule has 50 heavy (non-hydrogen) atoms. The minimum atomic E-state index is 1.11. The minimum absolute atomic E-state index is 1.11. The molecule has 0 fully saturated rings. The van der Waals surface area contributed by atoms with Gasteiger partial charge in [-0.15, -0.1) is 22.7 Å². The number of thiophene rings is 2. The number of fused-ring (bicyclic) bond motifs is 10. The fraction of sp³-hybridized carbons (Fsp3) is 0.522. The first-order valence-electron chi connectivity index (χ1n) is 20.6. The van der Waals surface area contributed by atoms with E-state index in [2.05, 4.69) is 83.6 Å². The second kappa shape index (κ2) is 17.6. The van der Waals surface area contributed by atoms with Crippen molar-refractivity contribution in [1.82, 2.24) is 9.13 Å². The summed E-state index contributed by atoms with van der Waals surface area (Å²) >= 11 is 4.01. The van der Waals surface area contributed by atoms with Crippen LogP contribution in [0.15, 0.2) is 60.7 Å².